The van der Waals surface area contributed by atoms with Crippen molar-refractivity contribution in [2.75, 3.05) is 51.4 Å². The molecule has 2 heterocycles. The lowest BCUT2D eigenvalue weighted by Gasteiger charge is -2.32. The zero-order valence-electron chi connectivity index (χ0n) is 11.0. The summed E-state index contributed by atoms with van der Waals surface area (Å²) >= 11 is 0. The quantitative estimate of drug-likeness (QED) is 0.859. The molecule has 4 heteroatoms. The highest BCUT2D eigenvalue weighted by atomic mass is 16.5. The van der Waals surface area contributed by atoms with Crippen molar-refractivity contribution >= 4 is 5.69 Å². The molecule has 1 fully saturated rings. The van der Waals surface area contributed by atoms with Gasteiger partial charge in [0, 0.05) is 45.3 Å². The van der Waals surface area contributed by atoms with Crippen molar-refractivity contribution in [1.82, 2.24) is 10.2 Å². The van der Waals surface area contributed by atoms with Crippen LogP contribution in [0.4, 0.5) is 5.69 Å². The summed E-state index contributed by atoms with van der Waals surface area (Å²) in [6.07, 6.45) is 1.05. The lowest BCUT2D eigenvalue weighted by molar-refractivity contribution is 0.243. The first kappa shape index (κ1) is 11.8. The molecule has 0 radical (unpaired) electrons. The largest absolute Gasteiger partial charge is 0.493 e. The lowest BCUT2D eigenvalue weighted by atomic mass is 10.1. The van der Waals surface area contributed by atoms with Crippen molar-refractivity contribution < 1.29 is 4.74 Å². The third-order valence-corrected chi connectivity index (χ3v) is 3.74. The fourth-order valence-corrected chi connectivity index (χ4v) is 2.64. The Kier molecular flexibility index (Phi) is 3.39. The lowest BCUT2D eigenvalue weighted by Crippen LogP contribution is -2.47. The van der Waals surface area contributed by atoms with Gasteiger partial charge in [-0.15, -0.1) is 0 Å². The van der Waals surface area contributed by atoms with Gasteiger partial charge in [-0.3, -0.25) is 4.90 Å². The third-order valence-electron chi connectivity index (χ3n) is 3.74. The highest BCUT2D eigenvalue weighted by Crippen LogP contribution is 2.29. The number of rotatable bonds is 3. The van der Waals surface area contributed by atoms with E-state index < -0.39 is 0 Å². The van der Waals surface area contributed by atoms with E-state index in [-0.39, 0.29) is 0 Å². The van der Waals surface area contributed by atoms with Gasteiger partial charge in [0.15, 0.2) is 0 Å². The number of fused-ring (bicyclic) bond motifs is 1. The van der Waals surface area contributed by atoms with Gasteiger partial charge in [-0.05, 0) is 23.8 Å². The van der Waals surface area contributed by atoms with Gasteiger partial charge in [-0.1, -0.05) is 0 Å². The summed E-state index contributed by atoms with van der Waals surface area (Å²) in [5.41, 5.74) is 2.64. The molecule has 0 spiro atoms. The van der Waals surface area contributed by atoms with E-state index in [1.165, 1.54) is 11.3 Å². The molecule has 0 bridgehead atoms. The molecule has 2 aliphatic heterocycles. The van der Waals surface area contributed by atoms with Crippen molar-refractivity contribution in [3.05, 3.63) is 23.8 Å². The van der Waals surface area contributed by atoms with Gasteiger partial charge < -0.3 is 15.0 Å². The number of anilines is 1. The van der Waals surface area contributed by atoms with Crippen LogP contribution in [0.1, 0.15) is 5.56 Å². The maximum absolute atomic E-state index is 5.55. The maximum atomic E-state index is 5.55. The third kappa shape index (κ3) is 2.44. The molecule has 0 aromatic heterocycles. The van der Waals surface area contributed by atoms with Crippen LogP contribution in [-0.2, 0) is 6.42 Å². The highest BCUT2D eigenvalue weighted by Gasteiger charge is 2.15. The molecule has 0 amide bonds. The topological polar surface area (TPSA) is 27.7 Å². The molecular weight excluding hydrogens is 226 g/mol. The zero-order valence-corrected chi connectivity index (χ0v) is 11.0. The Morgan fingerprint density at radius 1 is 1.33 bits per heavy atom. The van der Waals surface area contributed by atoms with Crippen LogP contribution in [0.2, 0.25) is 0 Å². The highest BCUT2D eigenvalue weighted by molar-refractivity contribution is 5.53. The Bertz CT molecular complexity index is 416. The number of piperazine rings is 1. The number of ether oxygens (including phenoxy) is 1. The van der Waals surface area contributed by atoms with Crippen molar-refractivity contribution in [2.24, 2.45) is 0 Å². The van der Waals surface area contributed by atoms with E-state index in [4.69, 9.17) is 4.74 Å². The second kappa shape index (κ2) is 5.16. The number of nitrogens with one attached hydrogen (secondary N) is 1. The molecule has 4 nitrogen and oxygen atoms in total. The summed E-state index contributed by atoms with van der Waals surface area (Å²) in [5, 5.41) is 3.38. The summed E-state index contributed by atoms with van der Waals surface area (Å²) < 4.78 is 5.55. The zero-order chi connectivity index (χ0) is 12.4. The number of hydrogen-bond donors (Lipinski definition) is 1. The summed E-state index contributed by atoms with van der Waals surface area (Å²) in [6, 6.07) is 6.53. The van der Waals surface area contributed by atoms with Crippen molar-refractivity contribution in [2.45, 2.75) is 6.42 Å². The molecule has 3 rings (SSSR count). The normalized spacial score (nSPS) is 19.4. The van der Waals surface area contributed by atoms with Crippen LogP contribution in [0.15, 0.2) is 18.2 Å². The maximum Gasteiger partial charge on any atom is 0.122 e. The molecule has 0 aliphatic carbocycles. The van der Waals surface area contributed by atoms with E-state index in [0.29, 0.717) is 0 Å². The summed E-state index contributed by atoms with van der Waals surface area (Å²) in [4.78, 5) is 4.81. The Morgan fingerprint density at radius 3 is 3.00 bits per heavy atom. The van der Waals surface area contributed by atoms with Gasteiger partial charge in [-0.25, -0.2) is 0 Å². The molecule has 1 N–H and O–H groups in total. The number of nitrogens with zero attached hydrogens (tertiary/aromatic N) is 2. The van der Waals surface area contributed by atoms with E-state index in [2.05, 4.69) is 40.4 Å². The second-order valence-electron chi connectivity index (χ2n) is 5.10. The molecule has 18 heavy (non-hydrogen) atoms. The average molecular weight is 247 g/mol. The van der Waals surface area contributed by atoms with E-state index in [1.807, 2.05) is 0 Å². The standard InChI is InChI=1S/C14H21N3O/c1-16(11-17-7-5-15-6-8-17)13-2-3-14-12(10-13)4-9-18-14/h2-3,10,15H,4-9,11H2,1H3. The molecule has 0 atom stereocenters. The van der Waals surface area contributed by atoms with Crippen LogP contribution in [0.5, 0.6) is 5.75 Å². The van der Waals surface area contributed by atoms with Crippen molar-refractivity contribution in [3.8, 4) is 5.75 Å². The van der Waals surface area contributed by atoms with Gasteiger partial charge in [0.2, 0.25) is 0 Å². The first-order chi connectivity index (χ1) is 8.83. The molecule has 98 valence electrons. The van der Waals surface area contributed by atoms with E-state index in [1.54, 1.807) is 0 Å². The van der Waals surface area contributed by atoms with E-state index >= 15 is 0 Å². The van der Waals surface area contributed by atoms with E-state index in [0.717, 1.165) is 51.6 Å². The van der Waals surface area contributed by atoms with Gasteiger partial charge in [-0.2, -0.15) is 0 Å². The minimum Gasteiger partial charge on any atom is -0.493 e. The van der Waals surface area contributed by atoms with Crippen LogP contribution in [-0.4, -0.2) is 51.4 Å². The Balaban J connectivity index is 1.66. The fourth-order valence-electron chi connectivity index (χ4n) is 2.64. The number of benzene rings is 1. The minimum atomic E-state index is 0.834. The summed E-state index contributed by atoms with van der Waals surface area (Å²) in [7, 11) is 2.17. The summed E-state index contributed by atoms with van der Waals surface area (Å²) in [6.45, 7) is 6.32. The molecule has 0 saturated carbocycles. The first-order valence-electron chi connectivity index (χ1n) is 6.73. The molecule has 1 aromatic rings. The van der Waals surface area contributed by atoms with Gasteiger partial charge in [0.25, 0.3) is 0 Å². The number of hydrogen-bond acceptors (Lipinski definition) is 4. The van der Waals surface area contributed by atoms with Crippen molar-refractivity contribution in [1.29, 1.82) is 0 Å². The average Bonchev–Trinajstić information content (AvgIpc) is 2.87. The van der Waals surface area contributed by atoms with Crippen LogP contribution in [0, 0.1) is 0 Å². The molecular formula is C14H21N3O. The fraction of sp³-hybridized carbons (Fsp3) is 0.571. The van der Waals surface area contributed by atoms with Crippen molar-refractivity contribution in [3.63, 3.8) is 0 Å². The predicted octanol–water partition coefficient (Wildman–Crippen LogP) is 0.920. The predicted molar refractivity (Wildman–Crippen MR) is 73.4 cm³/mol. The van der Waals surface area contributed by atoms with Crippen LogP contribution in [0.3, 0.4) is 0 Å². The molecule has 1 aromatic carbocycles. The monoisotopic (exact) mass is 247 g/mol. The van der Waals surface area contributed by atoms with E-state index in [9.17, 15) is 0 Å². The smallest absolute Gasteiger partial charge is 0.122 e. The van der Waals surface area contributed by atoms with Gasteiger partial charge in [0.05, 0.1) is 13.3 Å². The Hall–Kier alpha value is -1.26. The van der Waals surface area contributed by atoms with Gasteiger partial charge in [0.1, 0.15) is 5.75 Å². The molecule has 1 saturated heterocycles. The molecule has 2 aliphatic rings. The first-order valence-corrected chi connectivity index (χ1v) is 6.73. The van der Waals surface area contributed by atoms with Crippen LogP contribution in [0.25, 0.3) is 0 Å². The second-order valence-corrected chi connectivity index (χ2v) is 5.10. The van der Waals surface area contributed by atoms with Crippen LogP contribution < -0.4 is 15.0 Å². The SMILES string of the molecule is CN(CN1CCNCC1)c1ccc2c(c1)CCO2. The Labute approximate surface area is 109 Å². The minimum absolute atomic E-state index is 0.834. The van der Waals surface area contributed by atoms with Gasteiger partial charge >= 0.3 is 0 Å². The molecule has 0 unspecified atom stereocenters. The van der Waals surface area contributed by atoms with Crippen LogP contribution >= 0.6 is 0 Å². The summed E-state index contributed by atoms with van der Waals surface area (Å²) in [5.74, 6) is 1.06. The Morgan fingerprint density at radius 2 is 2.17 bits per heavy atom.